The molecule has 2 N–H and O–H groups in total. The van der Waals surface area contributed by atoms with Gasteiger partial charge in [0.15, 0.2) is 17.5 Å². The highest BCUT2D eigenvalue weighted by Crippen LogP contribution is 2.17. The summed E-state index contributed by atoms with van der Waals surface area (Å²) in [6.07, 6.45) is 4.65. The Morgan fingerprint density at radius 3 is 2.92 bits per heavy atom. The van der Waals surface area contributed by atoms with Gasteiger partial charge in [0.05, 0.1) is 13.7 Å². The van der Waals surface area contributed by atoms with Crippen LogP contribution in [0.1, 0.15) is 18.9 Å². The van der Waals surface area contributed by atoms with Crippen LogP contribution in [0.2, 0.25) is 0 Å². The third-order valence-corrected chi connectivity index (χ3v) is 3.40. The van der Waals surface area contributed by atoms with Crippen LogP contribution in [0, 0.1) is 5.82 Å². The van der Waals surface area contributed by atoms with Crippen molar-refractivity contribution in [3.8, 4) is 5.75 Å². The minimum atomic E-state index is -0.373. The normalized spacial score (nSPS) is 11.4. The van der Waals surface area contributed by atoms with Gasteiger partial charge >= 0.3 is 0 Å². The summed E-state index contributed by atoms with van der Waals surface area (Å²) in [4.78, 5) is 4.48. The molecule has 1 heterocycles. The predicted molar refractivity (Wildman–Crippen MR) is 92.6 cm³/mol. The summed E-state index contributed by atoms with van der Waals surface area (Å²) < 4.78 is 20.5. The highest BCUT2D eigenvalue weighted by atomic mass is 19.1. The average Bonchev–Trinajstić information content (AvgIpc) is 3.10. The van der Waals surface area contributed by atoms with Gasteiger partial charge in [-0.05, 0) is 37.1 Å². The van der Waals surface area contributed by atoms with E-state index in [2.05, 4.69) is 20.7 Å². The first-order valence-electron chi connectivity index (χ1n) is 8.05. The zero-order valence-corrected chi connectivity index (χ0v) is 14.1. The van der Waals surface area contributed by atoms with Crippen molar-refractivity contribution in [2.75, 3.05) is 20.2 Å². The number of aryl methyl sites for hydroxylation is 1. The number of benzene rings is 1. The molecule has 0 radical (unpaired) electrons. The van der Waals surface area contributed by atoms with Crippen molar-refractivity contribution in [1.82, 2.24) is 20.4 Å². The Morgan fingerprint density at radius 1 is 1.38 bits per heavy atom. The third kappa shape index (κ3) is 5.57. The molecule has 0 spiro atoms. The molecule has 0 fully saturated rings. The van der Waals surface area contributed by atoms with Crippen LogP contribution >= 0.6 is 0 Å². The SMILES string of the molecule is CCNC(=NCc1ccc(OC)c(F)c1)NCCCn1cccn1. The Balaban J connectivity index is 1.84. The van der Waals surface area contributed by atoms with Gasteiger partial charge in [0, 0.05) is 32.0 Å². The van der Waals surface area contributed by atoms with Gasteiger partial charge in [0.2, 0.25) is 0 Å². The highest BCUT2D eigenvalue weighted by molar-refractivity contribution is 5.79. The monoisotopic (exact) mass is 333 g/mol. The Bertz CT molecular complexity index is 642. The van der Waals surface area contributed by atoms with E-state index < -0.39 is 0 Å². The van der Waals surface area contributed by atoms with E-state index in [1.807, 2.05) is 29.9 Å². The third-order valence-electron chi connectivity index (χ3n) is 3.40. The molecule has 0 bridgehead atoms. The largest absolute Gasteiger partial charge is 0.494 e. The molecule has 2 aromatic rings. The number of nitrogens with one attached hydrogen (secondary N) is 2. The van der Waals surface area contributed by atoms with Crippen molar-refractivity contribution >= 4 is 5.96 Å². The smallest absolute Gasteiger partial charge is 0.191 e. The zero-order valence-electron chi connectivity index (χ0n) is 14.1. The predicted octanol–water partition coefficient (Wildman–Crippen LogP) is 2.18. The molecule has 0 atom stereocenters. The highest BCUT2D eigenvalue weighted by Gasteiger charge is 2.03. The number of guanidine groups is 1. The van der Waals surface area contributed by atoms with Crippen molar-refractivity contribution < 1.29 is 9.13 Å². The Morgan fingerprint density at radius 2 is 2.25 bits per heavy atom. The molecule has 6 nitrogen and oxygen atoms in total. The molecule has 0 aliphatic carbocycles. The number of hydrogen-bond donors (Lipinski definition) is 2. The molecule has 130 valence electrons. The second-order valence-corrected chi connectivity index (χ2v) is 5.21. The molecule has 0 saturated heterocycles. The van der Waals surface area contributed by atoms with Gasteiger partial charge in [-0.2, -0.15) is 5.10 Å². The maximum Gasteiger partial charge on any atom is 0.191 e. The molecule has 1 aromatic heterocycles. The second kappa shape index (κ2) is 9.54. The summed E-state index contributed by atoms with van der Waals surface area (Å²) in [6.45, 7) is 4.80. The summed E-state index contributed by atoms with van der Waals surface area (Å²) in [5, 5.41) is 10.6. The number of aliphatic imine (C=N–C) groups is 1. The number of ether oxygens (including phenoxy) is 1. The number of halogens is 1. The lowest BCUT2D eigenvalue weighted by Gasteiger charge is -2.11. The summed E-state index contributed by atoms with van der Waals surface area (Å²) in [5.74, 6) is 0.586. The molecular formula is C17H24FN5O. The summed E-state index contributed by atoms with van der Waals surface area (Å²) in [6, 6.07) is 6.79. The van der Waals surface area contributed by atoms with Crippen molar-refractivity contribution in [2.45, 2.75) is 26.4 Å². The fraction of sp³-hybridized carbons (Fsp3) is 0.412. The molecule has 24 heavy (non-hydrogen) atoms. The van der Waals surface area contributed by atoms with Gasteiger partial charge < -0.3 is 15.4 Å². The molecule has 0 aliphatic rings. The van der Waals surface area contributed by atoms with E-state index in [1.54, 1.807) is 12.3 Å². The molecular weight excluding hydrogens is 309 g/mol. The number of aromatic nitrogens is 2. The number of methoxy groups -OCH3 is 1. The standard InChI is InChI=1S/C17H24FN5O/c1-3-19-17(20-8-4-10-23-11-5-9-22-23)21-13-14-6-7-16(24-2)15(18)12-14/h5-7,9,11-12H,3-4,8,10,13H2,1-2H3,(H2,19,20,21). The maximum atomic E-state index is 13.7. The van der Waals surface area contributed by atoms with E-state index in [9.17, 15) is 4.39 Å². The zero-order chi connectivity index (χ0) is 17.2. The average molecular weight is 333 g/mol. The fourth-order valence-corrected chi connectivity index (χ4v) is 2.20. The quantitative estimate of drug-likeness (QED) is 0.441. The number of rotatable bonds is 8. The van der Waals surface area contributed by atoms with Gasteiger partial charge in [-0.3, -0.25) is 4.68 Å². The first-order valence-corrected chi connectivity index (χ1v) is 8.05. The van der Waals surface area contributed by atoms with Crippen LogP contribution in [0.25, 0.3) is 0 Å². The molecule has 2 rings (SSSR count). The van der Waals surface area contributed by atoms with E-state index in [4.69, 9.17) is 4.74 Å². The summed E-state index contributed by atoms with van der Waals surface area (Å²) in [7, 11) is 1.45. The fourth-order valence-electron chi connectivity index (χ4n) is 2.20. The topological polar surface area (TPSA) is 63.5 Å². The van der Waals surface area contributed by atoms with Crippen molar-refractivity contribution in [1.29, 1.82) is 0 Å². The van der Waals surface area contributed by atoms with Gasteiger partial charge in [-0.15, -0.1) is 0 Å². The van der Waals surface area contributed by atoms with Crippen LogP contribution in [-0.2, 0) is 13.1 Å². The Hall–Kier alpha value is -2.57. The van der Waals surface area contributed by atoms with Crippen molar-refractivity contribution in [3.63, 3.8) is 0 Å². The first kappa shape index (κ1) is 17.8. The van der Waals surface area contributed by atoms with Crippen LogP contribution in [0.15, 0.2) is 41.7 Å². The number of nitrogens with zero attached hydrogens (tertiary/aromatic N) is 3. The molecule has 0 aliphatic heterocycles. The molecule has 1 aromatic carbocycles. The van der Waals surface area contributed by atoms with Crippen LogP contribution in [0.3, 0.4) is 0 Å². The first-order chi connectivity index (χ1) is 11.7. The van der Waals surface area contributed by atoms with E-state index in [0.29, 0.717) is 12.5 Å². The van der Waals surface area contributed by atoms with Crippen LogP contribution < -0.4 is 15.4 Å². The Labute approximate surface area is 141 Å². The van der Waals surface area contributed by atoms with Gasteiger partial charge in [-0.1, -0.05) is 6.07 Å². The second-order valence-electron chi connectivity index (χ2n) is 5.21. The lowest BCUT2D eigenvalue weighted by atomic mass is 10.2. The minimum absolute atomic E-state index is 0.242. The van der Waals surface area contributed by atoms with E-state index in [-0.39, 0.29) is 11.6 Å². The molecule has 7 heteroatoms. The lowest BCUT2D eigenvalue weighted by molar-refractivity contribution is 0.386. The van der Waals surface area contributed by atoms with E-state index in [0.717, 1.165) is 31.6 Å². The van der Waals surface area contributed by atoms with Gasteiger partial charge in [0.25, 0.3) is 0 Å². The van der Waals surface area contributed by atoms with Crippen LogP contribution in [0.4, 0.5) is 4.39 Å². The van der Waals surface area contributed by atoms with Crippen LogP contribution in [-0.4, -0.2) is 35.9 Å². The lowest BCUT2D eigenvalue weighted by Crippen LogP contribution is -2.38. The van der Waals surface area contributed by atoms with E-state index in [1.165, 1.54) is 13.2 Å². The van der Waals surface area contributed by atoms with Crippen molar-refractivity contribution in [3.05, 3.63) is 48.0 Å². The summed E-state index contributed by atoms with van der Waals surface area (Å²) in [5.41, 5.74) is 0.794. The van der Waals surface area contributed by atoms with Gasteiger partial charge in [-0.25, -0.2) is 9.38 Å². The molecule has 0 unspecified atom stereocenters. The Kier molecular flexibility index (Phi) is 7.07. The maximum absolute atomic E-state index is 13.7. The van der Waals surface area contributed by atoms with Crippen molar-refractivity contribution in [2.24, 2.45) is 4.99 Å². The van der Waals surface area contributed by atoms with Crippen LogP contribution in [0.5, 0.6) is 5.75 Å². The molecule has 0 amide bonds. The number of hydrogen-bond acceptors (Lipinski definition) is 3. The summed E-state index contributed by atoms with van der Waals surface area (Å²) >= 11 is 0. The minimum Gasteiger partial charge on any atom is -0.494 e. The van der Waals surface area contributed by atoms with E-state index >= 15 is 0 Å². The van der Waals surface area contributed by atoms with Gasteiger partial charge in [0.1, 0.15) is 0 Å². The molecule has 0 saturated carbocycles.